The van der Waals surface area contributed by atoms with Crippen LogP contribution >= 0.6 is 0 Å². The van der Waals surface area contributed by atoms with Crippen LogP contribution < -0.4 is 5.48 Å². The third kappa shape index (κ3) is 6.62. The largest absolute Gasteiger partial charge is 0.478 e. The van der Waals surface area contributed by atoms with E-state index >= 15 is 0 Å². The number of nitrogens with one attached hydrogen (secondary N) is 1. The second kappa shape index (κ2) is 5.78. The Kier molecular flexibility index (Phi) is 5.42. The molecule has 0 saturated carbocycles. The maximum atomic E-state index is 10.6. The van der Waals surface area contributed by atoms with E-state index in [1.165, 1.54) is 0 Å². The molecule has 0 rings (SSSR count). The predicted molar refractivity (Wildman–Crippen MR) is 54.9 cm³/mol. The third-order valence-corrected chi connectivity index (χ3v) is 1.47. The Balaban J connectivity index is 3.86. The van der Waals surface area contributed by atoms with Crippen molar-refractivity contribution in [3.8, 4) is 0 Å². The molecule has 4 nitrogen and oxygen atoms in total. The SMILES string of the molecule is CCC(=CCNOC(C)(C)C)C(=O)O. The number of hydrogen-bond acceptors (Lipinski definition) is 3. The standard InChI is InChI=1S/C10H19NO3/c1-5-8(9(12)13)6-7-11-14-10(2,3)4/h6,11H,5,7H2,1-4H3,(H,12,13). The van der Waals surface area contributed by atoms with Crippen molar-refractivity contribution in [2.75, 3.05) is 6.54 Å². The van der Waals surface area contributed by atoms with Gasteiger partial charge in [-0.2, -0.15) is 5.48 Å². The smallest absolute Gasteiger partial charge is 0.331 e. The predicted octanol–water partition coefficient (Wildman–Crippen LogP) is 1.73. The molecule has 0 fully saturated rings. The van der Waals surface area contributed by atoms with Gasteiger partial charge in [-0.15, -0.1) is 0 Å². The number of hydroxylamine groups is 1. The summed E-state index contributed by atoms with van der Waals surface area (Å²) in [6.45, 7) is 7.97. The lowest BCUT2D eigenvalue weighted by Gasteiger charge is -2.18. The minimum atomic E-state index is -0.870. The normalized spacial score (nSPS) is 13.0. The molecule has 0 bridgehead atoms. The zero-order valence-corrected chi connectivity index (χ0v) is 9.26. The first-order valence-corrected chi connectivity index (χ1v) is 4.70. The molecular weight excluding hydrogens is 182 g/mol. The second-order valence-electron chi connectivity index (χ2n) is 3.95. The Morgan fingerprint density at radius 1 is 1.50 bits per heavy atom. The maximum absolute atomic E-state index is 10.6. The Hall–Kier alpha value is -0.870. The van der Waals surface area contributed by atoms with Crippen molar-refractivity contribution >= 4 is 5.97 Å². The van der Waals surface area contributed by atoms with Crippen LogP contribution in [0.2, 0.25) is 0 Å². The number of rotatable bonds is 5. The Morgan fingerprint density at radius 2 is 2.07 bits per heavy atom. The first-order valence-electron chi connectivity index (χ1n) is 4.70. The van der Waals surface area contributed by atoms with Gasteiger partial charge in [0.1, 0.15) is 0 Å². The van der Waals surface area contributed by atoms with Crippen molar-refractivity contribution in [3.63, 3.8) is 0 Å². The molecule has 0 aromatic heterocycles. The zero-order chi connectivity index (χ0) is 11.2. The molecule has 0 aromatic rings. The molecule has 2 N–H and O–H groups in total. The van der Waals surface area contributed by atoms with Crippen LogP contribution in [-0.2, 0) is 9.63 Å². The number of hydrogen-bond donors (Lipinski definition) is 2. The summed E-state index contributed by atoms with van der Waals surface area (Å²) in [6, 6.07) is 0. The molecule has 0 heterocycles. The molecule has 0 atom stereocenters. The molecule has 0 aromatic carbocycles. The van der Waals surface area contributed by atoms with Gasteiger partial charge in [-0.05, 0) is 27.2 Å². The lowest BCUT2D eigenvalue weighted by atomic mass is 10.2. The number of carbonyl (C=O) groups is 1. The number of carboxylic acid groups (broad SMARTS) is 1. The van der Waals surface area contributed by atoms with E-state index in [0.717, 1.165) is 0 Å². The van der Waals surface area contributed by atoms with Gasteiger partial charge in [-0.3, -0.25) is 4.84 Å². The molecule has 4 heteroatoms. The average molecular weight is 201 g/mol. The Bertz CT molecular complexity index is 216. The lowest BCUT2D eigenvalue weighted by Crippen LogP contribution is -2.29. The molecule has 0 aliphatic carbocycles. The number of carboxylic acids is 1. The zero-order valence-electron chi connectivity index (χ0n) is 9.26. The molecule has 0 radical (unpaired) electrons. The Morgan fingerprint density at radius 3 is 2.43 bits per heavy atom. The van der Waals surface area contributed by atoms with Crippen molar-refractivity contribution in [2.45, 2.75) is 39.7 Å². The van der Waals surface area contributed by atoms with Crippen LogP contribution in [0.3, 0.4) is 0 Å². The van der Waals surface area contributed by atoms with Gasteiger partial charge in [-0.1, -0.05) is 13.0 Å². The van der Waals surface area contributed by atoms with E-state index in [-0.39, 0.29) is 5.60 Å². The monoisotopic (exact) mass is 201 g/mol. The highest BCUT2D eigenvalue weighted by Gasteiger charge is 2.09. The number of aliphatic carboxylic acids is 1. The summed E-state index contributed by atoms with van der Waals surface area (Å²) in [5.74, 6) is -0.870. The Labute approximate surface area is 84.9 Å². The first-order chi connectivity index (χ1) is 6.37. The van der Waals surface area contributed by atoms with Crippen molar-refractivity contribution in [1.82, 2.24) is 5.48 Å². The van der Waals surface area contributed by atoms with Crippen molar-refractivity contribution in [1.29, 1.82) is 0 Å². The molecule has 0 spiro atoms. The summed E-state index contributed by atoms with van der Waals surface area (Å²) in [4.78, 5) is 15.8. The van der Waals surface area contributed by atoms with Crippen molar-refractivity contribution in [3.05, 3.63) is 11.6 Å². The summed E-state index contributed by atoms with van der Waals surface area (Å²) < 4.78 is 0. The van der Waals surface area contributed by atoms with Gasteiger partial charge in [0.2, 0.25) is 0 Å². The lowest BCUT2D eigenvalue weighted by molar-refractivity contribution is -0.132. The fourth-order valence-corrected chi connectivity index (χ4v) is 0.806. The van der Waals surface area contributed by atoms with Gasteiger partial charge < -0.3 is 5.11 Å². The fourth-order valence-electron chi connectivity index (χ4n) is 0.806. The minimum Gasteiger partial charge on any atom is -0.478 e. The molecule has 0 aliphatic heterocycles. The topological polar surface area (TPSA) is 58.6 Å². The van der Waals surface area contributed by atoms with Crippen LogP contribution in [0.15, 0.2) is 11.6 Å². The molecule has 14 heavy (non-hydrogen) atoms. The van der Waals surface area contributed by atoms with Gasteiger partial charge in [0.05, 0.1) is 5.60 Å². The van der Waals surface area contributed by atoms with Crippen LogP contribution in [0.1, 0.15) is 34.1 Å². The summed E-state index contributed by atoms with van der Waals surface area (Å²) in [5, 5.41) is 8.70. The molecule has 82 valence electrons. The van der Waals surface area contributed by atoms with Crippen molar-refractivity contribution < 1.29 is 14.7 Å². The van der Waals surface area contributed by atoms with Gasteiger partial charge in [0.25, 0.3) is 0 Å². The molecule has 0 amide bonds. The summed E-state index contributed by atoms with van der Waals surface area (Å²) in [5.41, 5.74) is 2.84. The first kappa shape index (κ1) is 13.1. The van der Waals surface area contributed by atoms with Gasteiger partial charge >= 0.3 is 5.97 Å². The minimum absolute atomic E-state index is 0.260. The van der Waals surface area contributed by atoms with Gasteiger partial charge in [-0.25, -0.2) is 4.79 Å². The average Bonchev–Trinajstić information content (AvgIpc) is 2.01. The van der Waals surface area contributed by atoms with E-state index in [1.54, 1.807) is 6.08 Å². The van der Waals surface area contributed by atoms with E-state index < -0.39 is 5.97 Å². The van der Waals surface area contributed by atoms with Crippen LogP contribution in [0.5, 0.6) is 0 Å². The van der Waals surface area contributed by atoms with Gasteiger partial charge in [0, 0.05) is 12.1 Å². The summed E-state index contributed by atoms with van der Waals surface area (Å²) >= 11 is 0. The summed E-state index contributed by atoms with van der Waals surface area (Å²) in [7, 11) is 0. The van der Waals surface area contributed by atoms with E-state index in [0.29, 0.717) is 18.5 Å². The quantitative estimate of drug-likeness (QED) is 0.404. The van der Waals surface area contributed by atoms with Crippen LogP contribution in [0.25, 0.3) is 0 Å². The van der Waals surface area contributed by atoms with Gasteiger partial charge in [0.15, 0.2) is 0 Å². The van der Waals surface area contributed by atoms with E-state index in [4.69, 9.17) is 9.94 Å². The molecular formula is C10H19NO3. The second-order valence-corrected chi connectivity index (χ2v) is 3.95. The van der Waals surface area contributed by atoms with E-state index in [1.807, 2.05) is 27.7 Å². The van der Waals surface area contributed by atoms with Crippen molar-refractivity contribution in [2.24, 2.45) is 0 Å². The molecule has 0 aliphatic rings. The van der Waals surface area contributed by atoms with Crippen LogP contribution in [0, 0.1) is 0 Å². The third-order valence-electron chi connectivity index (χ3n) is 1.47. The molecule has 0 unspecified atom stereocenters. The molecule has 0 saturated heterocycles. The van der Waals surface area contributed by atoms with Crippen LogP contribution in [-0.4, -0.2) is 23.2 Å². The van der Waals surface area contributed by atoms with Crippen LogP contribution in [0.4, 0.5) is 0 Å². The highest BCUT2D eigenvalue weighted by atomic mass is 16.7. The van der Waals surface area contributed by atoms with E-state index in [9.17, 15) is 4.79 Å². The highest BCUT2D eigenvalue weighted by molar-refractivity contribution is 5.86. The highest BCUT2D eigenvalue weighted by Crippen LogP contribution is 2.04. The fraction of sp³-hybridized carbons (Fsp3) is 0.700. The summed E-state index contributed by atoms with van der Waals surface area (Å²) in [6.07, 6.45) is 2.14. The maximum Gasteiger partial charge on any atom is 0.331 e. The van der Waals surface area contributed by atoms with E-state index in [2.05, 4.69) is 5.48 Å².